The molecule has 0 aromatic carbocycles. The second-order valence-electron chi connectivity index (χ2n) is 2.53. The minimum Gasteiger partial charge on any atom is -0.314 e. The Morgan fingerprint density at radius 1 is 1.38 bits per heavy atom. The zero-order valence-electron chi connectivity index (χ0n) is 6.64. The predicted octanol–water partition coefficient (Wildman–Crippen LogP) is 0.261. The van der Waals surface area contributed by atoms with Crippen molar-refractivity contribution in [3.63, 3.8) is 0 Å². The number of aromatic nitrogens is 2. The SMILES string of the molecule is O=c1[nH]cc(CCC(F)F)c(=O)[nH]1. The van der Waals surface area contributed by atoms with Gasteiger partial charge in [0.1, 0.15) is 0 Å². The molecule has 0 saturated carbocycles. The Kier molecular flexibility index (Phi) is 2.94. The molecule has 2 N–H and O–H groups in total. The molecule has 0 radical (unpaired) electrons. The second kappa shape index (κ2) is 3.97. The van der Waals surface area contributed by atoms with E-state index in [0.717, 1.165) is 6.20 Å². The summed E-state index contributed by atoms with van der Waals surface area (Å²) >= 11 is 0. The fourth-order valence-electron chi connectivity index (χ4n) is 0.888. The van der Waals surface area contributed by atoms with Gasteiger partial charge < -0.3 is 4.98 Å². The van der Waals surface area contributed by atoms with Crippen molar-refractivity contribution in [3.8, 4) is 0 Å². The Morgan fingerprint density at radius 3 is 2.62 bits per heavy atom. The van der Waals surface area contributed by atoms with Crippen LogP contribution in [0.5, 0.6) is 0 Å². The lowest BCUT2D eigenvalue weighted by Gasteiger charge is -1.97. The van der Waals surface area contributed by atoms with Crippen molar-refractivity contribution in [2.75, 3.05) is 0 Å². The van der Waals surface area contributed by atoms with Gasteiger partial charge in [0.05, 0.1) is 0 Å². The molecule has 0 bridgehead atoms. The van der Waals surface area contributed by atoms with E-state index < -0.39 is 17.7 Å². The first-order valence-corrected chi connectivity index (χ1v) is 3.68. The molecule has 1 aromatic rings. The van der Waals surface area contributed by atoms with Crippen LogP contribution in [0.1, 0.15) is 12.0 Å². The highest BCUT2D eigenvalue weighted by Gasteiger charge is 2.05. The Bertz CT molecular complexity index is 383. The fourth-order valence-corrected chi connectivity index (χ4v) is 0.888. The van der Waals surface area contributed by atoms with Crippen molar-refractivity contribution in [2.45, 2.75) is 19.3 Å². The predicted molar refractivity (Wildman–Crippen MR) is 42.0 cm³/mol. The number of nitrogens with one attached hydrogen (secondary N) is 2. The Labute approximate surface area is 71.6 Å². The van der Waals surface area contributed by atoms with Crippen LogP contribution in [-0.2, 0) is 6.42 Å². The standard InChI is InChI=1S/C7H8F2N2O2/c8-5(9)2-1-4-3-10-7(13)11-6(4)12/h3,5H,1-2H2,(H2,10,11,12,13). The van der Waals surface area contributed by atoms with Crippen LogP contribution in [0, 0.1) is 0 Å². The normalized spacial score (nSPS) is 10.7. The quantitative estimate of drug-likeness (QED) is 0.718. The van der Waals surface area contributed by atoms with Crippen molar-refractivity contribution >= 4 is 0 Å². The molecular weight excluding hydrogens is 182 g/mol. The first-order chi connectivity index (χ1) is 6.09. The van der Waals surface area contributed by atoms with E-state index in [1.807, 2.05) is 4.98 Å². The first-order valence-electron chi connectivity index (χ1n) is 3.68. The summed E-state index contributed by atoms with van der Waals surface area (Å²) in [7, 11) is 0. The van der Waals surface area contributed by atoms with E-state index in [2.05, 4.69) is 4.98 Å². The average molecular weight is 190 g/mol. The van der Waals surface area contributed by atoms with Crippen LogP contribution in [0.3, 0.4) is 0 Å². The van der Waals surface area contributed by atoms with Crippen LogP contribution < -0.4 is 11.2 Å². The van der Waals surface area contributed by atoms with Crippen LogP contribution in [-0.4, -0.2) is 16.4 Å². The van der Waals surface area contributed by atoms with Gasteiger partial charge in [-0.3, -0.25) is 9.78 Å². The average Bonchev–Trinajstić information content (AvgIpc) is 2.02. The van der Waals surface area contributed by atoms with Gasteiger partial charge >= 0.3 is 5.69 Å². The van der Waals surface area contributed by atoms with Crippen LogP contribution >= 0.6 is 0 Å². The van der Waals surface area contributed by atoms with Crippen molar-refractivity contribution in [1.29, 1.82) is 0 Å². The number of hydrogen-bond acceptors (Lipinski definition) is 2. The summed E-state index contributed by atoms with van der Waals surface area (Å²) in [5, 5.41) is 0. The summed E-state index contributed by atoms with van der Waals surface area (Å²) in [5.41, 5.74) is -1.07. The van der Waals surface area contributed by atoms with E-state index in [9.17, 15) is 18.4 Å². The van der Waals surface area contributed by atoms with Crippen molar-refractivity contribution in [3.05, 3.63) is 32.6 Å². The number of hydrogen-bond donors (Lipinski definition) is 2. The maximum atomic E-state index is 11.7. The highest BCUT2D eigenvalue weighted by molar-refractivity contribution is 5.03. The maximum Gasteiger partial charge on any atom is 0.325 e. The van der Waals surface area contributed by atoms with Gasteiger partial charge in [-0.15, -0.1) is 0 Å². The Hall–Kier alpha value is -1.46. The van der Waals surface area contributed by atoms with Crippen LogP contribution in [0.25, 0.3) is 0 Å². The summed E-state index contributed by atoms with van der Waals surface area (Å²) in [5.74, 6) is 0. The van der Waals surface area contributed by atoms with Crippen LogP contribution in [0.2, 0.25) is 0 Å². The van der Waals surface area contributed by atoms with E-state index in [1.165, 1.54) is 0 Å². The monoisotopic (exact) mass is 190 g/mol. The van der Waals surface area contributed by atoms with Gasteiger partial charge in [0.25, 0.3) is 5.56 Å². The summed E-state index contributed by atoms with van der Waals surface area (Å²) in [6.45, 7) is 0. The largest absolute Gasteiger partial charge is 0.325 e. The van der Waals surface area contributed by atoms with Gasteiger partial charge in [0.2, 0.25) is 6.43 Å². The van der Waals surface area contributed by atoms with E-state index >= 15 is 0 Å². The van der Waals surface area contributed by atoms with Crippen LogP contribution in [0.4, 0.5) is 8.78 Å². The Morgan fingerprint density at radius 2 is 2.08 bits per heavy atom. The van der Waals surface area contributed by atoms with E-state index in [-0.39, 0.29) is 18.4 Å². The number of rotatable bonds is 3. The number of halogens is 2. The molecule has 0 fully saturated rings. The van der Waals surface area contributed by atoms with Gasteiger partial charge in [0.15, 0.2) is 0 Å². The van der Waals surface area contributed by atoms with Gasteiger partial charge in [-0.25, -0.2) is 13.6 Å². The zero-order chi connectivity index (χ0) is 9.84. The second-order valence-corrected chi connectivity index (χ2v) is 2.53. The lowest BCUT2D eigenvalue weighted by molar-refractivity contribution is 0.138. The van der Waals surface area contributed by atoms with Crippen molar-refractivity contribution in [1.82, 2.24) is 9.97 Å². The highest BCUT2D eigenvalue weighted by atomic mass is 19.3. The van der Waals surface area contributed by atoms with Gasteiger partial charge in [-0.1, -0.05) is 0 Å². The number of H-pyrrole nitrogens is 2. The molecule has 0 spiro atoms. The third kappa shape index (κ3) is 2.81. The minimum absolute atomic E-state index is 0.0379. The molecule has 0 aliphatic carbocycles. The third-order valence-corrected chi connectivity index (χ3v) is 1.53. The first kappa shape index (κ1) is 9.63. The van der Waals surface area contributed by atoms with Gasteiger partial charge in [-0.2, -0.15) is 0 Å². The number of aromatic amines is 2. The molecule has 1 heterocycles. The molecule has 1 aromatic heterocycles. The topological polar surface area (TPSA) is 65.7 Å². The van der Waals surface area contributed by atoms with E-state index in [1.54, 1.807) is 0 Å². The lowest BCUT2D eigenvalue weighted by atomic mass is 10.2. The molecule has 0 aliphatic heterocycles. The summed E-state index contributed by atoms with van der Waals surface area (Å²) < 4.78 is 23.5. The molecule has 72 valence electrons. The molecule has 6 heteroatoms. The summed E-state index contributed by atoms with van der Waals surface area (Å²) in [6, 6.07) is 0. The molecule has 1 rings (SSSR count). The van der Waals surface area contributed by atoms with Gasteiger partial charge in [-0.05, 0) is 6.42 Å². The molecule has 0 amide bonds. The molecule has 0 unspecified atom stereocenters. The zero-order valence-corrected chi connectivity index (χ0v) is 6.64. The molecule has 0 saturated heterocycles. The lowest BCUT2D eigenvalue weighted by Crippen LogP contribution is -2.24. The minimum atomic E-state index is -2.44. The van der Waals surface area contributed by atoms with Crippen molar-refractivity contribution < 1.29 is 8.78 Å². The summed E-state index contributed by atoms with van der Waals surface area (Å²) in [4.78, 5) is 25.6. The molecule has 13 heavy (non-hydrogen) atoms. The third-order valence-electron chi connectivity index (χ3n) is 1.53. The molecule has 0 atom stereocenters. The molecular formula is C7H8F2N2O2. The number of aryl methyl sites for hydroxylation is 1. The fraction of sp³-hybridized carbons (Fsp3) is 0.429. The van der Waals surface area contributed by atoms with Crippen molar-refractivity contribution in [2.24, 2.45) is 0 Å². The van der Waals surface area contributed by atoms with Crippen LogP contribution in [0.15, 0.2) is 15.8 Å². The van der Waals surface area contributed by atoms with E-state index in [4.69, 9.17) is 0 Å². The number of alkyl halides is 2. The Balaban J connectivity index is 2.79. The smallest absolute Gasteiger partial charge is 0.314 e. The molecule has 0 aliphatic rings. The maximum absolute atomic E-state index is 11.7. The highest BCUT2D eigenvalue weighted by Crippen LogP contribution is 2.02. The van der Waals surface area contributed by atoms with Gasteiger partial charge in [0, 0.05) is 18.2 Å². The van der Waals surface area contributed by atoms with E-state index in [0.29, 0.717) is 0 Å². The molecule has 4 nitrogen and oxygen atoms in total. The summed E-state index contributed by atoms with van der Waals surface area (Å²) in [6.07, 6.45) is -1.70.